The van der Waals surface area contributed by atoms with Crippen molar-refractivity contribution in [1.82, 2.24) is 10.3 Å². The van der Waals surface area contributed by atoms with Crippen molar-refractivity contribution in [2.75, 3.05) is 11.9 Å². The maximum Gasteiger partial charge on any atom is 0.249 e. The molecule has 2 N–H and O–H groups in total. The minimum absolute atomic E-state index is 0.0293. The number of aryl methyl sites for hydroxylation is 1. The number of oxazole rings is 1. The molecule has 7 nitrogen and oxygen atoms in total. The molecule has 1 atom stereocenters. The Hall–Kier alpha value is -2.67. The van der Waals surface area contributed by atoms with Gasteiger partial charge < -0.3 is 19.8 Å². The van der Waals surface area contributed by atoms with Gasteiger partial charge in [0.15, 0.2) is 0 Å². The molecule has 1 aliphatic heterocycles. The molecule has 2 aromatic rings. The van der Waals surface area contributed by atoms with Crippen molar-refractivity contribution >= 4 is 17.5 Å². The number of nitrogens with one attached hydrogen (secondary N) is 2. The highest BCUT2D eigenvalue weighted by molar-refractivity contribution is 5.94. The van der Waals surface area contributed by atoms with E-state index in [1.165, 1.54) is 12.8 Å². The molecule has 0 radical (unpaired) electrons. The summed E-state index contributed by atoms with van der Waals surface area (Å²) in [7, 11) is 0. The van der Waals surface area contributed by atoms with Gasteiger partial charge in [-0.05, 0) is 50.7 Å². The van der Waals surface area contributed by atoms with Crippen LogP contribution in [0.4, 0.5) is 5.69 Å². The number of carbonyl (C=O) groups excluding carboxylic acids is 2. The summed E-state index contributed by atoms with van der Waals surface area (Å²) in [6, 6.07) is 7.51. The van der Waals surface area contributed by atoms with Crippen molar-refractivity contribution in [3.63, 3.8) is 0 Å². The number of anilines is 1. The number of hydrogen-bond donors (Lipinski definition) is 2. The van der Waals surface area contributed by atoms with E-state index in [0.717, 1.165) is 31.2 Å². The van der Waals surface area contributed by atoms with Gasteiger partial charge in [-0.25, -0.2) is 4.98 Å². The van der Waals surface area contributed by atoms with Gasteiger partial charge in [-0.3, -0.25) is 9.59 Å². The van der Waals surface area contributed by atoms with Gasteiger partial charge in [0.05, 0.1) is 17.8 Å². The van der Waals surface area contributed by atoms with E-state index < -0.39 is 0 Å². The Morgan fingerprint density at radius 1 is 1.13 bits per heavy atom. The zero-order valence-electron chi connectivity index (χ0n) is 17.4. The second kappa shape index (κ2) is 9.43. The van der Waals surface area contributed by atoms with Crippen LogP contribution >= 0.6 is 0 Å². The molecule has 30 heavy (non-hydrogen) atoms. The molecule has 1 saturated heterocycles. The molecule has 2 fully saturated rings. The second-order valence-electron chi connectivity index (χ2n) is 8.19. The number of rotatable bonds is 7. The fraction of sp³-hybridized carbons (Fsp3) is 0.522. The van der Waals surface area contributed by atoms with Crippen molar-refractivity contribution in [1.29, 1.82) is 0 Å². The van der Waals surface area contributed by atoms with Crippen LogP contribution in [0.3, 0.4) is 0 Å². The normalized spacial score (nSPS) is 19.2. The Bertz CT molecular complexity index is 896. The highest BCUT2D eigenvalue weighted by Gasteiger charge is 2.24. The lowest BCUT2D eigenvalue weighted by atomic mass is 10.0. The lowest BCUT2D eigenvalue weighted by Gasteiger charge is -2.11. The number of nitrogens with zero attached hydrogens (tertiary/aromatic N) is 1. The Morgan fingerprint density at radius 3 is 2.70 bits per heavy atom. The zero-order valence-corrected chi connectivity index (χ0v) is 17.4. The first-order valence-corrected chi connectivity index (χ1v) is 10.8. The van der Waals surface area contributed by atoms with Gasteiger partial charge in [0.25, 0.3) is 0 Å². The van der Waals surface area contributed by atoms with Crippen LogP contribution in [0.1, 0.15) is 56.4 Å². The number of carbonyl (C=O) groups is 2. The summed E-state index contributed by atoms with van der Waals surface area (Å²) in [5.41, 5.74) is 2.09. The molecule has 1 aromatic heterocycles. The molecule has 4 rings (SSSR count). The standard InChI is InChI=1S/C23H29N3O4/c1-15-19(14-24-22(28)20-11-6-12-29-20)26-23(30-15)17-9-4-5-10-18(17)25-21(27)13-16-7-2-3-8-16/h4-5,9-10,16,20H,2-3,6-8,11-14H2,1H3,(H,24,28)(H,25,27)/t20-/m1/s1. The van der Waals surface area contributed by atoms with Crippen LogP contribution in [0, 0.1) is 12.8 Å². The van der Waals surface area contributed by atoms with Gasteiger partial charge in [-0.1, -0.05) is 25.0 Å². The van der Waals surface area contributed by atoms with E-state index in [4.69, 9.17) is 9.15 Å². The lowest BCUT2D eigenvalue weighted by molar-refractivity contribution is -0.130. The molecule has 0 spiro atoms. The average molecular weight is 412 g/mol. The van der Waals surface area contributed by atoms with E-state index in [-0.39, 0.29) is 24.5 Å². The van der Waals surface area contributed by atoms with Crippen LogP contribution in [0.15, 0.2) is 28.7 Å². The largest absolute Gasteiger partial charge is 0.441 e. The average Bonchev–Trinajstić information content (AvgIpc) is 3.49. The summed E-state index contributed by atoms with van der Waals surface area (Å²) in [6.07, 6.45) is 6.56. The maximum atomic E-state index is 12.5. The van der Waals surface area contributed by atoms with E-state index >= 15 is 0 Å². The van der Waals surface area contributed by atoms with Crippen LogP contribution in [0.2, 0.25) is 0 Å². The maximum absolute atomic E-state index is 12.5. The lowest BCUT2D eigenvalue weighted by Crippen LogP contribution is -2.33. The Morgan fingerprint density at radius 2 is 1.93 bits per heavy atom. The van der Waals surface area contributed by atoms with Gasteiger partial charge in [0, 0.05) is 13.0 Å². The van der Waals surface area contributed by atoms with Crippen molar-refractivity contribution in [3.8, 4) is 11.5 Å². The summed E-state index contributed by atoms with van der Waals surface area (Å²) in [5, 5.41) is 5.90. The smallest absolute Gasteiger partial charge is 0.249 e. The van der Waals surface area contributed by atoms with E-state index in [1.807, 2.05) is 31.2 Å². The molecular formula is C23H29N3O4. The molecule has 2 aliphatic rings. The molecule has 7 heteroatoms. The first-order valence-electron chi connectivity index (χ1n) is 10.8. The summed E-state index contributed by atoms with van der Waals surface area (Å²) in [6.45, 7) is 2.74. The topological polar surface area (TPSA) is 93.5 Å². The molecule has 0 unspecified atom stereocenters. The molecule has 0 bridgehead atoms. The third-order valence-corrected chi connectivity index (χ3v) is 5.93. The van der Waals surface area contributed by atoms with Crippen molar-refractivity contribution in [2.24, 2.45) is 5.92 Å². The van der Waals surface area contributed by atoms with Crippen molar-refractivity contribution in [3.05, 3.63) is 35.7 Å². The molecule has 1 saturated carbocycles. The second-order valence-corrected chi connectivity index (χ2v) is 8.19. The van der Waals surface area contributed by atoms with Gasteiger partial charge in [-0.15, -0.1) is 0 Å². The molecule has 1 aliphatic carbocycles. The molecule has 2 heterocycles. The van der Waals surface area contributed by atoms with Crippen LogP contribution in [0.5, 0.6) is 0 Å². The minimum atomic E-state index is -0.368. The first kappa shape index (κ1) is 20.6. The molecular weight excluding hydrogens is 382 g/mol. The summed E-state index contributed by atoms with van der Waals surface area (Å²) < 4.78 is 11.3. The number of benzene rings is 1. The number of ether oxygens (including phenoxy) is 1. The third-order valence-electron chi connectivity index (χ3n) is 5.93. The van der Waals surface area contributed by atoms with Gasteiger partial charge >= 0.3 is 0 Å². The van der Waals surface area contributed by atoms with E-state index in [1.54, 1.807) is 0 Å². The van der Waals surface area contributed by atoms with Crippen LogP contribution in [-0.2, 0) is 20.9 Å². The monoisotopic (exact) mass is 411 g/mol. The van der Waals surface area contributed by atoms with E-state index in [2.05, 4.69) is 15.6 Å². The molecule has 160 valence electrons. The van der Waals surface area contributed by atoms with Crippen LogP contribution in [0.25, 0.3) is 11.5 Å². The minimum Gasteiger partial charge on any atom is -0.441 e. The Kier molecular flexibility index (Phi) is 6.47. The van der Waals surface area contributed by atoms with Crippen molar-refractivity contribution < 1.29 is 18.7 Å². The Balaban J connectivity index is 1.43. The highest BCUT2D eigenvalue weighted by atomic mass is 16.5. The first-order chi connectivity index (χ1) is 14.6. The predicted molar refractivity (Wildman–Crippen MR) is 113 cm³/mol. The summed E-state index contributed by atoms with van der Waals surface area (Å²) >= 11 is 0. The van der Waals surface area contributed by atoms with E-state index in [9.17, 15) is 9.59 Å². The number of aromatic nitrogens is 1. The number of hydrogen-bond acceptors (Lipinski definition) is 5. The fourth-order valence-electron chi connectivity index (χ4n) is 4.23. The van der Waals surface area contributed by atoms with Gasteiger partial charge in [0.1, 0.15) is 17.6 Å². The predicted octanol–water partition coefficient (Wildman–Crippen LogP) is 3.96. The quantitative estimate of drug-likeness (QED) is 0.719. The van der Waals surface area contributed by atoms with Crippen LogP contribution in [-0.4, -0.2) is 29.5 Å². The molecule has 1 aromatic carbocycles. The van der Waals surface area contributed by atoms with Crippen molar-refractivity contribution in [2.45, 2.75) is 64.5 Å². The van der Waals surface area contributed by atoms with Crippen LogP contribution < -0.4 is 10.6 Å². The highest BCUT2D eigenvalue weighted by Crippen LogP contribution is 2.31. The van der Waals surface area contributed by atoms with Gasteiger partial charge in [-0.2, -0.15) is 0 Å². The summed E-state index contributed by atoms with van der Waals surface area (Å²) in [5.74, 6) is 1.48. The fourth-order valence-corrected chi connectivity index (χ4v) is 4.23. The summed E-state index contributed by atoms with van der Waals surface area (Å²) in [4.78, 5) is 29.3. The third kappa shape index (κ3) is 4.90. The Labute approximate surface area is 176 Å². The van der Waals surface area contributed by atoms with E-state index in [0.29, 0.717) is 42.0 Å². The number of amides is 2. The SMILES string of the molecule is Cc1oc(-c2ccccc2NC(=O)CC2CCCC2)nc1CNC(=O)[C@H]1CCCO1. The van der Waals surface area contributed by atoms with Gasteiger partial charge in [0.2, 0.25) is 17.7 Å². The number of para-hydroxylation sites is 1. The molecule has 2 amide bonds. The zero-order chi connectivity index (χ0) is 20.9.